The Morgan fingerprint density at radius 3 is 2.67 bits per heavy atom. The number of nitrogens with one attached hydrogen (secondary N) is 1. The molecule has 1 aromatic rings. The van der Waals surface area contributed by atoms with Crippen molar-refractivity contribution in [2.24, 2.45) is 0 Å². The highest BCUT2D eigenvalue weighted by atomic mass is 32.2. The second kappa shape index (κ2) is 5.78. The molecule has 0 aromatic heterocycles. The molecule has 0 unspecified atom stereocenters. The second-order valence-corrected chi connectivity index (χ2v) is 5.13. The summed E-state index contributed by atoms with van der Waals surface area (Å²) in [6.45, 7) is 9.86. The highest BCUT2D eigenvalue weighted by Crippen LogP contribution is 2.33. The monoisotopic (exact) mass is 255 g/mol. The lowest BCUT2D eigenvalue weighted by atomic mass is 10.0. The van der Waals surface area contributed by atoms with Crippen LogP contribution in [0.5, 0.6) is 0 Å². The van der Waals surface area contributed by atoms with Crippen molar-refractivity contribution in [2.45, 2.75) is 13.3 Å². The van der Waals surface area contributed by atoms with E-state index in [2.05, 4.69) is 55.1 Å². The third kappa shape index (κ3) is 2.96. The van der Waals surface area contributed by atoms with E-state index >= 15 is 0 Å². The van der Waals surface area contributed by atoms with Gasteiger partial charge in [0.1, 0.15) is 0 Å². The van der Waals surface area contributed by atoms with Gasteiger partial charge in [0, 0.05) is 17.0 Å². The molecular formula is C16H17NS. The van der Waals surface area contributed by atoms with Crippen LogP contribution in [0.4, 0.5) is 0 Å². The van der Waals surface area contributed by atoms with Gasteiger partial charge in [0.25, 0.3) is 0 Å². The van der Waals surface area contributed by atoms with Crippen LogP contribution in [-0.4, -0.2) is 0 Å². The third-order valence-electron chi connectivity index (χ3n) is 2.83. The smallest absolute Gasteiger partial charge is 0.0418 e. The van der Waals surface area contributed by atoms with Crippen molar-refractivity contribution in [3.8, 4) is 0 Å². The van der Waals surface area contributed by atoms with Crippen molar-refractivity contribution < 1.29 is 0 Å². The molecule has 0 saturated carbocycles. The first-order valence-corrected chi connectivity index (χ1v) is 6.72. The SMILES string of the molecule is C=C/C=C\C1=C(Cc2ccc(C)cc2)C(=C)NS1. The number of aryl methyl sites for hydroxylation is 1. The number of rotatable bonds is 4. The van der Waals surface area contributed by atoms with Gasteiger partial charge in [0.2, 0.25) is 0 Å². The lowest BCUT2D eigenvalue weighted by Crippen LogP contribution is -1.99. The standard InChI is InChI=1S/C16H17NS/c1-4-5-6-16-15(13(3)17-18-16)11-14-9-7-12(2)8-10-14/h4-10,17H,1,3,11H2,2H3/b6-5-. The molecule has 0 atom stereocenters. The van der Waals surface area contributed by atoms with Crippen molar-refractivity contribution >= 4 is 11.9 Å². The van der Waals surface area contributed by atoms with Gasteiger partial charge in [-0.2, -0.15) is 0 Å². The molecule has 0 bridgehead atoms. The van der Waals surface area contributed by atoms with Gasteiger partial charge >= 0.3 is 0 Å². The van der Waals surface area contributed by atoms with E-state index in [1.165, 1.54) is 21.6 Å². The van der Waals surface area contributed by atoms with Crippen LogP contribution in [0, 0.1) is 6.92 Å². The van der Waals surface area contributed by atoms with Crippen LogP contribution in [0.2, 0.25) is 0 Å². The summed E-state index contributed by atoms with van der Waals surface area (Å²) in [4.78, 5) is 1.22. The van der Waals surface area contributed by atoms with Crippen molar-refractivity contribution in [3.63, 3.8) is 0 Å². The van der Waals surface area contributed by atoms with E-state index in [1.54, 1.807) is 18.0 Å². The largest absolute Gasteiger partial charge is 0.326 e. The Morgan fingerprint density at radius 1 is 1.28 bits per heavy atom. The van der Waals surface area contributed by atoms with E-state index < -0.39 is 0 Å². The number of hydrogen-bond acceptors (Lipinski definition) is 2. The van der Waals surface area contributed by atoms with Crippen LogP contribution >= 0.6 is 11.9 Å². The second-order valence-electron chi connectivity index (χ2n) is 4.28. The van der Waals surface area contributed by atoms with Crippen molar-refractivity contribution in [1.29, 1.82) is 0 Å². The fourth-order valence-corrected chi connectivity index (χ4v) is 2.60. The molecule has 92 valence electrons. The maximum Gasteiger partial charge on any atom is 0.0418 e. The zero-order chi connectivity index (χ0) is 13.0. The van der Waals surface area contributed by atoms with Gasteiger partial charge in [-0.05, 0) is 36.1 Å². The molecule has 1 aliphatic rings. The predicted molar refractivity (Wildman–Crippen MR) is 81.1 cm³/mol. The van der Waals surface area contributed by atoms with Gasteiger partial charge in [-0.3, -0.25) is 0 Å². The summed E-state index contributed by atoms with van der Waals surface area (Å²) in [5, 5.41) is 0. The van der Waals surface area contributed by atoms with Crippen LogP contribution in [0.15, 0.2) is 71.8 Å². The van der Waals surface area contributed by atoms with Crippen LogP contribution in [0.1, 0.15) is 11.1 Å². The molecule has 1 nitrogen and oxygen atoms in total. The molecule has 0 fully saturated rings. The minimum Gasteiger partial charge on any atom is -0.326 e. The third-order valence-corrected chi connectivity index (χ3v) is 3.78. The molecular weight excluding hydrogens is 238 g/mol. The summed E-state index contributed by atoms with van der Waals surface area (Å²) in [5.41, 5.74) is 4.87. The molecule has 2 heteroatoms. The molecule has 0 amide bonds. The normalized spacial score (nSPS) is 15.3. The topological polar surface area (TPSA) is 12.0 Å². The van der Waals surface area contributed by atoms with Gasteiger partial charge in [-0.25, -0.2) is 0 Å². The molecule has 2 rings (SSSR count). The van der Waals surface area contributed by atoms with Gasteiger partial charge in [0.15, 0.2) is 0 Å². The average molecular weight is 255 g/mol. The van der Waals surface area contributed by atoms with E-state index in [0.717, 1.165) is 12.1 Å². The zero-order valence-corrected chi connectivity index (χ0v) is 11.4. The number of allylic oxidation sites excluding steroid dienone is 4. The number of benzene rings is 1. The summed E-state index contributed by atoms with van der Waals surface area (Å²) < 4.78 is 3.22. The van der Waals surface area contributed by atoms with Crippen LogP contribution < -0.4 is 4.72 Å². The van der Waals surface area contributed by atoms with Gasteiger partial charge in [-0.1, -0.05) is 55.1 Å². The first-order valence-electron chi connectivity index (χ1n) is 5.90. The summed E-state index contributed by atoms with van der Waals surface area (Å²) in [6.07, 6.45) is 6.73. The Balaban J connectivity index is 2.23. The van der Waals surface area contributed by atoms with Gasteiger partial charge in [0.05, 0.1) is 0 Å². The Kier molecular flexibility index (Phi) is 4.11. The van der Waals surface area contributed by atoms with Gasteiger partial charge < -0.3 is 4.72 Å². The van der Waals surface area contributed by atoms with Crippen molar-refractivity contribution in [1.82, 2.24) is 4.72 Å². The molecule has 1 aliphatic heterocycles. The quantitative estimate of drug-likeness (QED) is 0.636. The molecule has 1 aromatic carbocycles. The van der Waals surface area contributed by atoms with Crippen molar-refractivity contribution in [2.75, 3.05) is 0 Å². The maximum absolute atomic E-state index is 4.06. The highest BCUT2D eigenvalue weighted by molar-refractivity contribution is 8.01. The minimum absolute atomic E-state index is 0.913. The van der Waals surface area contributed by atoms with E-state index in [0.29, 0.717) is 0 Å². The van der Waals surface area contributed by atoms with E-state index in [4.69, 9.17) is 0 Å². The fourth-order valence-electron chi connectivity index (χ4n) is 1.78. The Hall–Kier alpha value is -1.67. The average Bonchev–Trinajstić information content (AvgIpc) is 2.71. The van der Waals surface area contributed by atoms with E-state index in [9.17, 15) is 0 Å². The van der Waals surface area contributed by atoms with Crippen molar-refractivity contribution in [3.05, 3.63) is 83.0 Å². The summed E-state index contributed by atoms with van der Waals surface area (Å²) in [5.74, 6) is 0. The Labute approximate surface area is 113 Å². The summed E-state index contributed by atoms with van der Waals surface area (Å²) in [7, 11) is 0. The zero-order valence-electron chi connectivity index (χ0n) is 10.6. The van der Waals surface area contributed by atoms with E-state index in [-0.39, 0.29) is 0 Å². The van der Waals surface area contributed by atoms with Crippen LogP contribution in [-0.2, 0) is 6.42 Å². The van der Waals surface area contributed by atoms with Crippen LogP contribution in [0.25, 0.3) is 0 Å². The fraction of sp³-hybridized carbons (Fsp3) is 0.125. The van der Waals surface area contributed by atoms with Crippen LogP contribution in [0.3, 0.4) is 0 Å². The first-order chi connectivity index (χ1) is 8.70. The molecule has 0 radical (unpaired) electrons. The molecule has 1 N–H and O–H groups in total. The summed E-state index contributed by atoms with van der Waals surface area (Å²) >= 11 is 1.62. The minimum atomic E-state index is 0.913. The van der Waals surface area contributed by atoms with Gasteiger partial charge in [-0.15, -0.1) is 0 Å². The lowest BCUT2D eigenvalue weighted by Gasteiger charge is -2.05. The highest BCUT2D eigenvalue weighted by Gasteiger charge is 2.16. The Morgan fingerprint density at radius 2 is 2.00 bits per heavy atom. The summed E-state index contributed by atoms with van der Waals surface area (Å²) in [6, 6.07) is 8.64. The first kappa shape index (κ1) is 12.8. The molecule has 1 heterocycles. The molecule has 0 saturated heterocycles. The lowest BCUT2D eigenvalue weighted by molar-refractivity contribution is 1.11. The maximum atomic E-state index is 4.06. The molecule has 0 spiro atoms. The number of hydrogen-bond donors (Lipinski definition) is 1. The Bertz CT molecular complexity index is 521. The molecule has 18 heavy (non-hydrogen) atoms. The van der Waals surface area contributed by atoms with E-state index in [1.807, 2.05) is 6.08 Å². The molecule has 0 aliphatic carbocycles. The predicted octanol–water partition coefficient (Wildman–Crippen LogP) is 4.30.